The molecule has 0 unspecified atom stereocenters. The van der Waals surface area contributed by atoms with Crippen LogP contribution in [0.4, 0.5) is 0 Å². The highest BCUT2D eigenvalue weighted by Crippen LogP contribution is 2.17. The number of rotatable bonds is 33. The Morgan fingerprint density at radius 1 is 0.542 bits per heavy atom. The predicted molar refractivity (Wildman–Crippen MR) is 199 cm³/mol. The van der Waals surface area contributed by atoms with Crippen LogP contribution in [-0.4, -0.2) is 70.4 Å². The summed E-state index contributed by atoms with van der Waals surface area (Å²) in [6, 6.07) is 0. The number of nitrogens with one attached hydrogen (secondary N) is 1. The number of methoxy groups -OCH3 is 2. The van der Waals surface area contributed by atoms with E-state index in [0.717, 1.165) is 64.2 Å². The maximum absolute atomic E-state index is 12.4. The largest absolute Gasteiger partial charge is 0.469 e. The van der Waals surface area contributed by atoms with Crippen LogP contribution in [0.15, 0.2) is 48.6 Å². The molecule has 0 aromatic rings. The Kier molecular flexibility index (Phi) is 33.6. The Balaban J connectivity index is 4.05. The lowest BCUT2D eigenvalue weighted by Gasteiger charge is -2.19. The lowest BCUT2D eigenvalue weighted by molar-refractivity contribution is -0.149. The second-order valence-corrected chi connectivity index (χ2v) is 12.8. The molecule has 8 nitrogen and oxygen atoms in total. The van der Waals surface area contributed by atoms with E-state index in [9.17, 15) is 14.4 Å². The summed E-state index contributed by atoms with van der Waals surface area (Å²) >= 11 is 0. The molecule has 0 radical (unpaired) electrons. The van der Waals surface area contributed by atoms with Gasteiger partial charge in [-0.25, -0.2) is 0 Å². The molecule has 276 valence electrons. The molecule has 0 aliphatic heterocycles. The van der Waals surface area contributed by atoms with Gasteiger partial charge in [0, 0.05) is 19.5 Å². The smallest absolute Gasteiger partial charge is 0.320 e. The maximum Gasteiger partial charge on any atom is 0.320 e. The van der Waals surface area contributed by atoms with Gasteiger partial charge in [-0.05, 0) is 91.1 Å². The van der Waals surface area contributed by atoms with Gasteiger partial charge in [0.25, 0.3) is 0 Å². The fraction of sp³-hybridized carbons (Fsp3) is 0.725. The number of hydrogen-bond acceptors (Lipinski definition) is 8. The van der Waals surface area contributed by atoms with Crippen molar-refractivity contribution >= 4 is 17.9 Å². The molecule has 0 saturated heterocycles. The quantitative estimate of drug-likeness (QED) is 0.0242. The highest BCUT2D eigenvalue weighted by molar-refractivity contribution is 5.71. The molecule has 0 aliphatic carbocycles. The van der Waals surface area contributed by atoms with E-state index >= 15 is 0 Å². The van der Waals surface area contributed by atoms with Crippen molar-refractivity contribution in [2.45, 2.75) is 147 Å². The van der Waals surface area contributed by atoms with E-state index in [0.29, 0.717) is 19.5 Å². The second kappa shape index (κ2) is 35.6. The standard InChI is InChI=1S/C40H70N2O6/c1-42(2)36-41-35-40(45)48-37(31-27-23-19-15-11-7-5-9-13-17-21-25-29-33-38(43)46-3)32-28-24-20-16-12-8-6-10-14-18-22-26-30-34-39(44)47-4/h9-10,13-14,21-22,25-26,37,41H,5-8,11-12,15-20,23-24,27-36H2,1-4H3/b13-9-,14-10-,25-21-,26-22-. The molecule has 0 amide bonds. The SMILES string of the molecule is COC(=O)CC/C=C\C/C=C\CCCCCCCCC(CCCCCCCC/C=C\C/C=C\CCC(=O)OC)OC(=O)CNCN(C)C. The van der Waals surface area contributed by atoms with Crippen LogP contribution in [0.5, 0.6) is 0 Å². The molecule has 0 saturated carbocycles. The molecule has 0 fully saturated rings. The van der Waals surface area contributed by atoms with Crippen molar-refractivity contribution in [3.63, 3.8) is 0 Å². The number of nitrogens with zero attached hydrogens (tertiary/aromatic N) is 1. The van der Waals surface area contributed by atoms with E-state index in [1.54, 1.807) is 0 Å². The number of esters is 3. The molecule has 0 aromatic heterocycles. The first-order valence-electron chi connectivity index (χ1n) is 18.7. The Morgan fingerprint density at radius 2 is 0.938 bits per heavy atom. The minimum absolute atomic E-state index is 0.0259. The zero-order valence-corrected chi connectivity index (χ0v) is 31.1. The van der Waals surface area contributed by atoms with Crippen LogP contribution in [0.1, 0.15) is 141 Å². The third kappa shape index (κ3) is 34.6. The number of allylic oxidation sites excluding steroid dienone is 8. The molecular formula is C40H70N2O6. The topological polar surface area (TPSA) is 94.2 Å². The average Bonchev–Trinajstić information content (AvgIpc) is 3.07. The van der Waals surface area contributed by atoms with Gasteiger partial charge in [-0.15, -0.1) is 0 Å². The number of ether oxygens (including phenoxy) is 3. The van der Waals surface area contributed by atoms with Gasteiger partial charge in [-0.1, -0.05) is 100.0 Å². The first-order chi connectivity index (χ1) is 23.4. The maximum atomic E-state index is 12.4. The third-order valence-corrected chi connectivity index (χ3v) is 7.99. The highest BCUT2D eigenvalue weighted by Gasteiger charge is 2.14. The van der Waals surface area contributed by atoms with Crippen LogP contribution in [0, 0.1) is 0 Å². The zero-order valence-electron chi connectivity index (χ0n) is 31.1. The number of hydrogen-bond donors (Lipinski definition) is 1. The van der Waals surface area contributed by atoms with E-state index < -0.39 is 0 Å². The molecule has 8 heteroatoms. The minimum Gasteiger partial charge on any atom is -0.469 e. The Labute approximate surface area is 293 Å². The number of carbonyl (C=O) groups excluding carboxylic acids is 3. The molecular weight excluding hydrogens is 604 g/mol. The van der Waals surface area contributed by atoms with Gasteiger partial charge in [0.2, 0.25) is 0 Å². The van der Waals surface area contributed by atoms with Crippen molar-refractivity contribution < 1.29 is 28.6 Å². The van der Waals surface area contributed by atoms with E-state index in [1.807, 2.05) is 31.1 Å². The minimum atomic E-state index is -0.159. The van der Waals surface area contributed by atoms with Gasteiger partial charge in [0.15, 0.2) is 0 Å². The van der Waals surface area contributed by atoms with Crippen LogP contribution in [0.25, 0.3) is 0 Å². The summed E-state index contributed by atoms with van der Waals surface area (Å²) in [4.78, 5) is 36.6. The van der Waals surface area contributed by atoms with Crippen molar-refractivity contribution in [1.82, 2.24) is 10.2 Å². The van der Waals surface area contributed by atoms with Gasteiger partial charge >= 0.3 is 17.9 Å². The molecule has 0 aromatic carbocycles. The molecule has 0 atom stereocenters. The summed E-state index contributed by atoms with van der Waals surface area (Å²) < 4.78 is 15.2. The van der Waals surface area contributed by atoms with Crippen LogP contribution < -0.4 is 5.32 Å². The molecule has 0 rings (SSSR count). The fourth-order valence-electron chi connectivity index (χ4n) is 5.17. The predicted octanol–water partition coefficient (Wildman–Crippen LogP) is 9.16. The normalized spacial score (nSPS) is 12.0. The molecule has 48 heavy (non-hydrogen) atoms. The molecule has 0 heterocycles. The lowest BCUT2D eigenvalue weighted by Crippen LogP contribution is -2.34. The summed E-state index contributed by atoms with van der Waals surface area (Å²) in [6.45, 7) is 0.922. The van der Waals surface area contributed by atoms with Crippen molar-refractivity contribution in [2.75, 3.05) is 41.5 Å². The summed E-state index contributed by atoms with van der Waals surface area (Å²) in [6.07, 6.45) is 40.1. The highest BCUT2D eigenvalue weighted by atomic mass is 16.5. The summed E-state index contributed by atoms with van der Waals surface area (Å²) in [5.41, 5.74) is 0. The average molecular weight is 675 g/mol. The van der Waals surface area contributed by atoms with Crippen LogP contribution >= 0.6 is 0 Å². The second-order valence-electron chi connectivity index (χ2n) is 12.8. The zero-order chi connectivity index (χ0) is 35.3. The van der Waals surface area contributed by atoms with Gasteiger partial charge in [-0.2, -0.15) is 0 Å². The molecule has 0 aliphatic rings. The fourth-order valence-corrected chi connectivity index (χ4v) is 5.17. The van der Waals surface area contributed by atoms with Crippen molar-refractivity contribution in [2.24, 2.45) is 0 Å². The van der Waals surface area contributed by atoms with Gasteiger partial charge < -0.3 is 14.2 Å². The Bertz CT molecular complexity index is 838. The Hall–Kier alpha value is -2.71. The lowest BCUT2D eigenvalue weighted by atomic mass is 10.0. The molecule has 0 spiro atoms. The van der Waals surface area contributed by atoms with Gasteiger partial charge in [0.05, 0.1) is 20.8 Å². The van der Waals surface area contributed by atoms with Crippen LogP contribution in [0.2, 0.25) is 0 Å². The summed E-state index contributed by atoms with van der Waals surface area (Å²) in [5, 5.41) is 3.15. The van der Waals surface area contributed by atoms with Crippen molar-refractivity contribution in [3.05, 3.63) is 48.6 Å². The molecule has 1 N–H and O–H groups in total. The van der Waals surface area contributed by atoms with Crippen LogP contribution in [0.3, 0.4) is 0 Å². The van der Waals surface area contributed by atoms with Gasteiger partial charge in [-0.3, -0.25) is 24.6 Å². The first-order valence-corrected chi connectivity index (χ1v) is 18.7. The first kappa shape index (κ1) is 45.3. The van der Waals surface area contributed by atoms with Crippen molar-refractivity contribution in [3.8, 4) is 0 Å². The van der Waals surface area contributed by atoms with Crippen LogP contribution in [-0.2, 0) is 28.6 Å². The van der Waals surface area contributed by atoms with Gasteiger partial charge in [0.1, 0.15) is 6.10 Å². The van der Waals surface area contributed by atoms with E-state index in [2.05, 4.69) is 51.2 Å². The number of carbonyl (C=O) groups is 3. The summed E-state index contributed by atoms with van der Waals surface area (Å²) in [5.74, 6) is -0.461. The van der Waals surface area contributed by atoms with E-state index in [4.69, 9.17) is 4.74 Å². The van der Waals surface area contributed by atoms with E-state index in [1.165, 1.54) is 78.4 Å². The van der Waals surface area contributed by atoms with Crippen molar-refractivity contribution in [1.29, 1.82) is 0 Å². The molecule has 0 bridgehead atoms. The van der Waals surface area contributed by atoms with E-state index in [-0.39, 0.29) is 30.6 Å². The number of unbranched alkanes of at least 4 members (excludes halogenated alkanes) is 12. The third-order valence-electron chi connectivity index (χ3n) is 7.99. The Morgan fingerprint density at radius 3 is 1.35 bits per heavy atom. The summed E-state index contributed by atoms with van der Waals surface area (Å²) in [7, 11) is 6.80. The monoisotopic (exact) mass is 675 g/mol.